The Kier molecular flexibility index (Phi) is 12.2. The minimum Gasteiger partial charge on any atom is -0.463 e. The lowest BCUT2D eigenvalue weighted by atomic mass is 9.70. The van der Waals surface area contributed by atoms with Crippen LogP contribution in [0.5, 0.6) is 0 Å². The van der Waals surface area contributed by atoms with Crippen LogP contribution in [0.3, 0.4) is 0 Å². The first-order valence-electron chi connectivity index (χ1n) is 13.3. The predicted molar refractivity (Wildman–Crippen MR) is 136 cm³/mol. The number of ketones is 1. The van der Waals surface area contributed by atoms with Crippen molar-refractivity contribution < 1.29 is 28.5 Å². The topological polar surface area (TPSA) is 71.1 Å². The molecule has 0 amide bonds. The lowest BCUT2D eigenvalue weighted by Gasteiger charge is -2.51. The lowest BCUT2D eigenvalue weighted by Crippen LogP contribution is -2.57. The van der Waals surface area contributed by atoms with Gasteiger partial charge in [-0.2, -0.15) is 0 Å². The Balaban J connectivity index is 2.23. The first-order chi connectivity index (χ1) is 15.7. The molecule has 1 rings (SSSR count). The molecular weight excluding hydrogens is 432 g/mol. The van der Waals surface area contributed by atoms with Gasteiger partial charge in [0, 0.05) is 18.4 Å². The van der Waals surface area contributed by atoms with E-state index in [1.165, 1.54) is 0 Å². The van der Waals surface area contributed by atoms with Crippen LogP contribution < -0.4 is 0 Å². The molecule has 1 aliphatic heterocycles. The van der Waals surface area contributed by atoms with Crippen molar-refractivity contribution in [2.24, 2.45) is 16.7 Å². The average Bonchev–Trinajstić information content (AvgIpc) is 2.70. The SMILES string of the molecule is CCC(CC(C)(C)C)C(=O)OCCOC(C)(C)C(=O)CCCCCOC(C)(C)C1(CC)COC1. The van der Waals surface area contributed by atoms with Crippen LogP contribution in [0.15, 0.2) is 0 Å². The van der Waals surface area contributed by atoms with E-state index in [9.17, 15) is 9.59 Å². The molecule has 1 saturated heterocycles. The molecule has 0 aromatic rings. The maximum Gasteiger partial charge on any atom is 0.309 e. The smallest absolute Gasteiger partial charge is 0.309 e. The molecule has 1 unspecified atom stereocenters. The van der Waals surface area contributed by atoms with Crippen molar-refractivity contribution in [1.82, 2.24) is 0 Å². The highest BCUT2D eigenvalue weighted by molar-refractivity contribution is 5.86. The maximum atomic E-state index is 12.6. The van der Waals surface area contributed by atoms with Gasteiger partial charge in [-0.15, -0.1) is 0 Å². The number of unbranched alkanes of at least 4 members (excludes halogenated alkanes) is 2. The number of carbonyl (C=O) groups excluding carboxylic acids is 2. The molecule has 0 N–H and O–H groups in total. The molecule has 1 atom stereocenters. The molecule has 1 fully saturated rings. The van der Waals surface area contributed by atoms with Crippen molar-refractivity contribution in [1.29, 1.82) is 0 Å². The van der Waals surface area contributed by atoms with Crippen LogP contribution >= 0.6 is 0 Å². The van der Waals surface area contributed by atoms with E-state index < -0.39 is 5.60 Å². The zero-order valence-electron chi connectivity index (χ0n) is 23.5. The van der Waals surface area contributed by atoms with E-state index >= 15 is 0 Å². The molecule has 0 radical (unpaired) electrons. The summed E-state index contributed by atoms with van der Waals surface area (Å²) in [4.78, 5) is 25.0. The van der Waals surface area contributed by atoms with Crippen LogP contribution in [-0.4, -0.2) is 56.0 Å². The molecule has 0 saturated carbocycles. The third-order valence-electron chi connectivity index (χ3n) is 7.37. The van der Waals surface area contributed by atoms with Gasteiger partial charge in [0.15, 0.2) is 5.78 Å². The fourth-order valence-corrected chi connectivity index (χ4v) is 4.44. The van der Waals surface area contributed by atoms with Crippen LogP contribution in [0.4, 0.5) is 0 Å². The fourth-order valence-electron chi connectivity index (χ4n) is 4.44. The fraction of sp³-hybridized carbons (Fsp3) is 0.929. The van der Waals surface area contributed by atoms with Crippen molar-refractivity contribution in [2.75, 3.05) is 33.0 Å². The van der Waals surface area contributed by atoms with E-state index in [0.717, 1.165) is 51.7 Å². The zero-order valence-corrected chi connectivity index (χ0v) is 23.5. The molecule has 34 heavy (non-hydrogen) atoms. The van der Waals surface area contributed by atoms with Gasteiger partial charge >= 0.3 is 5.97 Å². The summed E-state index contributed by atoms with van der Waals surface area (Å²) >= 11 is 0. The van der Waals surface area contributed by atoms with Crippen molar-refractivity contribution >= 4 is 11.8 Å². The highest BCUT2D eigenvalue weighted by Crippen LogP contribution is 2.44. The standard InChI is InChI=1S/C28H52O6/c1-10-22(19-25(3,4)5)24(30)32-17-18-33-26(6,7)23(29)15-13-12-14-16-34-27(8,9)28(11-2)20-31-21-28/h22H,10-21H2,1-9H3. The first-order valence-corrected chi connectivity index (χ1v) is 13.3. The number of Topliss-reactive ketones (excluding diaryl/α,β-unsaturated/α-hetero) is 1. The summed E-state index contributed by atoms with van der Waals surface area (Å²) in [5.41, 5.74) is -0.865. The number of rotatable bonds is 17. The van der Waals surface area contributed by atoms with Crippen molar-refractivity contribution in [2.45, 2.75) is 118 Å². The quantitative estimate of drug-likeness (QED) is 0.182. The highest BCUT2D eigenvalue weighted by atomic mass is 16.6. The molecule has 0 aliphatic carbocycles. The predicted octanol–water partition coefficient (Wildman–Crippen LogP) is 6.14. The highest BCUT2D eigenvalue weighted by Gasteiger charge is 2.50. The summed E-state index contributed by atoms with van der Waals surface area (Å²) in [6.07, 6.45) is 5.78. The minimum atomic E-state index is -0.877. The summed E-state index contributed by atoms with van der Waals surface area (Å²) in [6, 6.07) is 0. The van der Waals surface area contributed by atoms with Crippen LogP contribution in [0.25, 0.3) is 0 Å². The minimum absolute atomic E-state index is 0.0794. The lowest BCUT2D eigenvalue weighted by molar-refractivity contribution is -0.229. The Labute approximate surface area is 208 Å². The molecule has 1 aliphatic rings. The number of esters is 1. The van der Waals surface area contributed by atoms with Crippen LogP contribution in [-0.2, 0) is 28.5 Å². The average molecular weight is 485 g/mol. The van der Waals surface area contributed by atoms with E-state index in [4.69, 9.17) is 18.9 Å². The first kappa shape index (κ1) is 31.1. The Morgan fingerprint density at radius 2 is 1.53 bits per heavy atom. The molecule has 1 heterocycles. The van der Waals surface area contributed by atoms with Crippen LogP contribution in [0.1, 0.15) is 107 Å². The molecule has 6 nitrogen and oxygen atoms in total. The van der Waals surface area contributed by atoms with E-state index in [2.05, 4.69) is 41.5 Å². The van der Waals surface area contributed by atoms with Gasteiger partial charge in [-0.25, -0.2) is 0 Å². The van der Waals surface area contributed by atoms with E-state index in [-0.39, 0.29) is 47.3 Å². The van der Waals surface area contributed by atoms with Gasteiger partial charge in [-0.3, -0.25) is 9.59 Å². The summed E-state index contributed by atoms with van der Waals surface area (Å²) in [5, 5.41) is 0. The Hall–Kier alpha value is -0.980. The van der Waals surface area contributed by atoms with Gasteiger partial charge in [-0.1, -0.05) is 41.0 Å². The molecule has 0 aromatic heterocycles. The second-order valence-electron chi connectivity index (χ2n) is 12.1. The Morgan fingerprint density at radius 1 is 0.882 bits per heavy atom. The zero-order chi connectivity index (χ0) is 26.0. The molecule has 6 heteroatoms. The van der Waals surface area contributed by atoms with Gasteiger partial charge in [0.25, 0.3) is 0 Å². The number of hydrogen-bond donors (Lipinski definition) is 0. The monoisotopic (exact) mass is 484 g/mol. The Bertz CT molecular complexity index is 622. The van der Waals surface area contributed by atoms with E-state index in [0.29, 0.717) is 13.0 Å². The second-order valence-corrected chi connectivity index (χ2v) is 12.1. The van der Waals surface area contributed by atoms with Crippen LogP contribution in [0.2, 0.25) is 0 Å². The van der Waals surface area contributed by atoms with Gasteiger partial charge in [-0.05, 0) is 65.2 Å². The summed E-state index contributed by atoms with van der Waals surface area (Å²) in [6.45, 7) is 21.1. The molecule has 0 spiro atoms. The summed E-state index contributed by atoms with van der Waals surface area (Å²) in [7, 11) is 0. The van der Waals surface area contributed by atoms with Gasteiger partial charge in [0.05, 0.1) is 31.3 Å². The maximum absolute atomic E-state index is 12.6. The Morgan fingerprint density at radius 3 is 2.03 bits per heavy atom. The number of ether oxygens (including phenoxy) is 4. The normalized spacial score (nSPS) is 17.2. The van der Waals surface area contributed by atoms with Crippen molar-refractivity contribution in [3.05, 3.63) is 0 Å². The van der Waals surface area contributed by atoms with Crippen LogP contribution in [0, 0.1) is 16.7 Å². The third-order valence-corrected chi connectivity index (χ3v) is 7.37. The van der Waals surface area contributed by atoms with Gasteiger partial charge in [0.1, 0.15) is 12.2 Å². The molecular formula is C28H52O6. The summed E-state index contributed by atoms with van der Waals surface area (Å²) in [5.74, 6) is -0.195. The van der Waals surface area contributed by atoms with Crippen molar-refractivity contribution in [3.63, 3.8) is 0 Å². The molecule has 200 valence electrons. The largest absolute Gasteiger partial charge is 0.463 e. The number of hydrogen-bond acceptors (Lipinski definition) is 6. The van der Waals surface area contributed by atoms with Gasteiger partial charge in [0.2, 0.25) is 0 Å². The number of carbonyl (C=O) groups is 2. The van der Waals surface area contributed by atoms with E-state index in [1.54, 1.807) is 13.8 Å². The van der Waals surface area contributed by atoms with Crippen molar-refractivity contribution in [3.8, 4) is 0 Å². The van der Waals surface area contributed by atoms with E-state index in [1.807, 2.05) is 6.92 Å². The molecule has 0 bridgehead atoms. The van der Waals surface area contributed by atoms with Gasteiger partial charge < -0.3 is 18.9 Å². The summed E-state index contributed by atoms with van der Waals surface area (Å²) < 4.78 is 22.9. The third kappa shape index (κ3) is 9.58. The molecule has 0 aromatic carbocycles. The second kappa shape index (κ2) is 13.4.